The predicted octanol–water partition coefficient (Wildman–Crippen LogP) is 3.59. The maximum absolute atomic E-state index is 5.56. The van der Waals surface area contributed by atoms with Crippen LogP contribution in [0.15, 0.2) is 15.9 Å². The van der Waals surface area contributed by atoms with E-state index in [1.54, 1.807) is 11.3 Å². The summed E-state index contributed by atoms with van der Waals surface area (Å²) in [5.41, 5.74) is 0. The Labute approximate surface area is 110 Å². The monoisotopic (exact) mass is 303 g/mol. The number of hydrogen-bond donors (Lipinski definition) is 1. The molecule has 4 heteroatoms. The first-order valence-electron chi connectivity index (χ1n) is 5.77. The standard InChI is InChI=1S/C12H18BrNOS/c1-8(11-3-4-12(13)16-11)14-7-10-5-6-15-9(10)2/h3-4,8-10,14H,5-7H2,1-2H3. The van der Waals surface area contributed by atoms with Gasteiger partial charge < -0.3 is 10.1 Å². The number of hydrogen-bond acceptors (Lipinski definition) is 3. The summed E-state index contributed by atoms with van der Waals surface area (Å²) in [7, 11) is 0. The van der Waals surface area contributed by atoms with Crippen LogP contribution in [0.4, 0.5) is 0 Å². The molecule has 0 bridgehead atoms. The highest BCUT2D eigenvalue weighted by Gasteiger charge is 2.24. The van der Waals surface area contributed by atoms with E-state index >= 15 is 0 Å². The molecule has 2 nitrogen and oxygen atoms in total. The lowest BCUT2D eigenvalue weighted by Crippen LogP contribution is -2.28. The highest BCUT2D eigenvalue weighted by atomic mass is 79.9. The zero-order valence-corrected chi connectivity index (χ0v) is 12.1. The molecule has 3 unspecified atom stereocenters. The molecule has 1 saturated heterocycles. The minimum atomic E-state index is 0.412. The quantitative estimate of drug-likeness (QED) is 0.918. The van der Waals surface area contributed by atoms with Crippen molar-refractivity contribution in [1.82, 2.24) is 5.32 Å². The second-order valence-corrected chi connectivity index (χ2v) is 6.89. The highest BCUT2D eigenvalue weighted by Crippen LogP contribution is 2.27. The SMILES string of the molecule is CC(NCC1CCOC1C)c1ccc(Br)s1. The Kier molecular flexibility index (Phi) is 4.41. The molecule has 0 spiro atoms. The van der Waals surface area contributed by atoms with Crippen molar-refractivity contribution in [3.05, 3.63) is 20.8 Å². The molecular weight excluding hydrogens is 286 g/mol. The largest absolute Gasteiger partial charge is 0.378 e. The van der Waals surface area contributed by atoms with Gasteiger partial charge in [0.1, 0.15) is 0 Å². The molecule has 0 aromatic carbocycles. The van der Waals surface area contributed by atoms with E-state index < -0.39 is 0 Å². The molecule has 0 radical (unpaired) electrons. The third-order valence-electron chi connectivity index (χ3n) is 3.24. The van der Waals surface area contributed by atoms with Crippen LogP contribution in [-0.2, 0) is 4.74 Å². The maximum Gasteiger partial charge on any atom is 0.0701 e. The van der Waals surface area contributed by atoms with Gasteiger partial charge in [-0.25, -0.2) is 0 Å². The van der Waals surface area contributed by atoms with Crippen LogP contribution in [0.1, 0.15) is 31.2 Å². The summed E-state index contributed by atoms with van der Waals surface area (Å²) in [6.07, 6.45) is 1.60. The molecule has 0 aliphatic carbocycles. The summed E-state index contributed by atoms with van der Waals surface area (Å²) in [6.45, 7) is 6.37. The van der Waals surface area contributed by atoms with Gasteiger partial charge in [0, 0.05) is 24.1 Å². The van der Waals surface area contributed by atoms with Gasteiger partial charge in [-0.05, 0) is 54.2 Å². The number of ether oxygens (including phenoxy) is 1. The molecule has 1 aromatic rings. The van der Waals surface area contributed by atoms with E-state index in [4.69, 9.17) is 4.74 Å². The van der Waals surface area contributed by atoms with Gasteiger partial charge >= 0.3 is 0 Å². The number of nitrogens with one attached hydrogen (secondary N) is 1. The van der Waals surface area contributed by atoms with Crippen LogP contribution >= 0.6 is 27.3 Å². The van der Waals surface area contributed by atoms with Crippen molar-refractivity contribution in [2.45, 2.75) is 32.4 Å². The van der Waals surface area contributed by atoms with Crippen molar-refractivity contribution in [1.29, 1.82) is 0 Å². The second-order valence-electron chi connectivity index (χ2n) is 4.40. The van der Waals surface area contributed by atoms with Gasteiger partial charge in [0.25, 0.3) is 0 Å². The van der Waals surface area contributed by atoms with Crippen LogP contribution in [0, 0.1) is 5.92 Å². The summed E-state index contributed by atoms with van der Waals surface area (Å²) in [5, 5.41) is 3.59. The Bertz CT molecular complexity index is 342. The molecule has 2 heterocycles. The first-order valence-corrected chi connectivity index (χ1v) is 7.38. The van der Waals surface area contributed by atoms with Crippen LogP contribution in [0.3, 0.4) is 0 Å². The Morgan fingerprint density at radius 3 is 3.00 bits per heavy atom. The minimum Gasteiger partial charge on any atom is -0.378 e. The molecule has 3 atom stereocenters. The predicted molar refractivity (Wildman–Crippen MR) is 72.0 cm³/mol. The molecule has 0 saturated carbocycles. The smallest absolute Gasteiger partial charge is 0.0701 e. The lowest BCUT2D eigenvalue weighted by Gasteiger charge is -2.18. The summed E-state index contributed by atoms with van der Waals surface area (Å²) in [6, 6.07) is 4.73. The Morgan fingerprint density at radius 2 is 2.44 bits per heavy atom. The van der Waals surface area contributed by atoms with Crippen molar-refractivity contribution >= 4 is 27.3 Å². The van der Waals surface area contributed by atoms with Crippen LogP contribution in [-0.4, -0.2) is 19.3 Å². The zero-order valence-electron chi connectivity index (χ0n) is 9.70. The molecule has 1 aliphatic heterocycles. The summed E-state index contributed by atoms with van der Waals surface area (Å²) in [4.78, 5) is 1.39. The van der Waals surface area contributed by atoms with Crippen molar-refractivity contribution in [2.75, 3.05) is 13.2 Å². The van der Waals surface area contributed by atoms with E-state index in [1.807, 2.05) is 0 Å². The van der Waals surface area contributed by atoms with Crippen molar-refractivity contribution < 1.29 is 4.74 Å². The molecule has 2 rings (SSSR count). The third-order valence-corrected chi connectivity index (χ3v) is 5.05. The van der Waals surface area contributed by atoms with E-state index in [1.165, 1.54) is 15.1 Å². The molecule has 90 valence electrons. The number of rotatable bonds is 4. The van der Waals surface area contributed by atoms with Crippen molar-refractivity contribution in [3.63, 3.8) is 0 Å². The van der Waals surface area contributed by atoms with Crippen LogP contribution < -0.4 is 5.32 Å². The summed E-state index contributed by atoms with van der Waals surface area (Å²) >= 11 is 5.30. The fourth-order valence-corrected chi connectivity index (χ4v) is 3.48. The summed E-state index contributed by atoms with van der Waals surface area (Å²) < 4.78 is 6.77. The fourth-order valence-electron chi connectivity index (χ4n) is 2.03. The zero-order chi connectivity index (χ0) is 11.5. The average molecular weight is 304 g/mol. The lowest BCUT2D eigenvalue weighted by molar-refractivity contribution is 0.105. The van der Waals surface area contributed by atoms with Crippen LogP contribution in [0.25, 0.3) is 0 Å². The van der Waals surface area contributed by atoms with Crippen molar-refractivity contribution in [2.24, 2.45) is 5.92 Å². The Morgan fingerprint density at radius 1 is 1.62 bits per heavy atom. The number of thiophene rings is 1. The van der Waals surface area contributed by atoms with Crippen LogP contribution in [0.2, 0.25) is 0 Å². The van der Waals surface area contributed by atoms with E-state index in [2.05, 4.69) is 47.2 Å². The van der Waals surface area contributed by atoms with Gasteiger partial charge in [-0.2, -0.15) is 0 Å². The van der Waals surface area contributed by atoms with Gasteiger partial charge in [0.15, 0.2) is 0 Å². The minimum absolute atomic E-state index is 0.412. The Hall–Kier alpha value is 0.1000. The second kappa shape index (κ2) is 5.63. The molecule has 16 heavy (non-hydrogen) atoms. The normalized spacial score (nSPS) is 27.2. The first kappa shape index (κ1) is 12.6. The van der Waals surface area contributed by atoms with Gasteiger partial charge in [0.05, 0.1) is 9.89 Å². The molecular formula is C12H18BrNOS. The van der Waals surface area contributed by atoms with Gasteiger partial charge in [-0.1, -0.05) is 0 Å². The average Bonchev–Trinajstić information content (AvgIpc) is 2.84. The molecule has 1 aliphatic rings. The van der Waals surface area contributed by atoms with E-state index in [9.17, 15) is 0 Å². The maximum atomic E-state index is 5.56. The van der Waals surface area contributed by atoms with Crippen molar-refractivity contribution in [3.8, 4) is 0 Å². The summed E-state index contributed by atoms with van der Waals surface area (Å²) in [5.74, 6) is 0.672. The van der Waals surface area contributed by atoms with Gasteiger partial charge in [-0.15, -0.1) is 11.3 Å². The topological polar surface area (TPSA) is 21.3 Å². The molecule has 0 amide bonds. The third kappa shape index (κ3) is 3.06. The van der Waals surface area contributed by atoms with Gasteiger partial charge in [0.2, 0.25) is 0 Å². The molecule has 1 fully saturated rings. The van der Waals surface area contributed by atoms with E-state index in [-0.39, 0.29) is 0 Å². The number of halogens is 1. The highest BCUT2D eigenvalue weighted by molar-refractivity contribution is 9.11. The van der Waals surface area contributed by atoms with Crippen LogP contribution in [0.5, 0.6) is 0 Å². The van der Waals surface area contributed by atoms with E-state index in [0.717, 1.165) is 13.2 Å². The Balaban J connectivity index is 1.81. The molecule has 1 aromatic heterocycles. The van der Waals surface area contributed by atoms with Gasteiger partial charge in [-0.3, -0.25) is 0 Å². The first-order chi connectivity index (χ1) is 7.66. The fraction of sp³-hybridized carbons (Fsp3) is 0.667. The molecule has 1 N–H and O–H groups in total. The van der Waals surface area contributed by atoms with E-state index in [0.29, 0.717) is 18.1 Å². The lowest BCUT2D eigenvalue weighted by atomic mass is 10.0.